The smallest absolute Gasteiger partial charge is 0.165 e. The van der Waals surface area contributed by atoms with Crippen molar-refractivity contribution in [2.75, 3.05) is 20.8 Å². The van der Waals surface area contributed by atoms with Crippen molar-refractivity contribution in [3.8, 4) is 28.7 Å². The molecule has 2 aliphatic rings. The van der Waals surface area contributed by atoms with E-state index in [0.717, 1.165) is 22.4 Å². The molecule has 1 unspecified atom stereocenters. The Morgan fingerprint density at radius 3 is 2.61 bits per heavy atom. The van der Waals surface area contributed by atoms with Crippen LogP contribution in [0.2, 0.25) is 0 Å². The summed E-state index contributed by atoms with van der Waals surface area (Å²) in [5.74, 6) is 2.86. The highest BCUT2D eigenvalue weighted by Gasteiger charge is 2.29. The number of oxime groups is 1. The van der Waals surface area contributed by atoms with E-state index >= 15 is 0 Å². The summed E-state index contributed by atoms with van der Waals surface area (Å²) in [6, 6.07) is 7.34. The van der Waals surface area contributed by atoms with Crippen LogP contribution >= 0.6 is 22.6 Å². The number of fused-ring (bicyclic) bond motifs is 2. The summed E-state index contributed by atoms with van der Waals surface area (Å²) < 4.78 is 22.9. The SMILES string of the molecule is C=C(C)[C@H]1Cc2c(ccc(/C(I)=N/OC3COc4cc(OC)c(OC)cc4C3)c2O)O1. The lowest BCUT2D eigenvalue weighted by Gasteiger charge is -2.25. The number of phenolic OH excluding ortho intramolecular Hbond substituents is 1. The molecule has 7 nitrogen and oxygen atoms in total. The second-order valence-electron chi connectivity index (χ2n) is 7.53. The first kappa shape index (κ1) is 21.6. The third kappa shape index (κ3) is 4.26. The predicted molar refractivity (Wildman–Crippen MR) is 125 cm³/mol. The van der Waals surface area contributed by atoms with Gasteiger partial charge < -0.3 is 28.9 Å². The van der Waals surface area contributed by atoms with Gasteiger partial charge in [0, 0.05) is 30.0 Å². The molecule has 164 valence electrons. The Balaban J connectivity index is 1.48. The Morgan fingerprint density at radius 1 is 1.16 bits per heavy atom. The second-order valence-corrected chi connectivity index (χ2v) is 8.56. The van der Waals surface area contributed by atoms with E-state index in [4.69, 9.17) is 23.8 Å². The Kier molecular flexibility index (Phi) is 6.17. The number of benzene rings is 2. The molecule has 0 amide bonds. The number of rotatable bonds is 6. The molecule has 8 heteroatoms. The molecule has 4 rings (SSSR count). The van der Waals surface area contributed by atoms with E-state index in [-0.39, 0.29) is 18.0 Å². The van der Waals surface area contributed by atoms with E-state index in [1.54, 1.807) is 20.3 Å². The van der Waals surface area contributed by atoms with Gasteiger partial charge in [0.2, 0.25) is 0 Å². The molecule has 2 aliphatic heterocycles. The molecule has 2 heterocycles. The molecule has 1 N–H and O–H groups in total. The maximum atomic E-state index is 10.8. The van der Waals surface area contributed by atoms with Gasteiger partial charge in [0.25, 0.3) is 0 Å². The van der Waals surface area contributed by atoms with Crippen molar-refractivity contribution in [1.82, 2.24) is 0 Å². The summed E-state index contributed by atoms with van der Waals surface area (Å²) >= 11 is 2.06. The molecule has 0 bridgehead atoms. The monoisotopic (exact) mass is 537 g/mol. The van der Waals surface area contributed by atoms with Gasteiger partial charge in [-0.15, -0.1) is 0 Å². The highest BCUT2D eigenvalue weighted by Crippen LogP contribution is 2.40. The quantitative estimate of drug-likeness (QED) is 0.255. The normalized spacial score (nSPS) is 19.5. The highest BCUT2D eigenvalue weighted by atomic mass is 127. The molecule has 0 saturated carbocycles. The zero-order valence-corrected chi connectivity index (χ0v) is 19.8. The molecule has 0 aromatic heterocycles. The summed E-state index contributed by atoms with van der Waals surface area (Å²) in [7, 11) is 3.19. The number of nitrogens with zero attached hydrogens (tertiary/aromatic N) is 1. The van der Waals surface area contributed by atoms with Gasteiger partial charge >= 0.3 is 0 Å². The molecule has 0 radical (unpaired) electrons. The molecule has 0 saturated heterocycles. The number of aromatic hydroxyl groups is 1. The first-order chi connectivity index (χ1) is 14.9. The van der Waals surface area contributed by atoms with Gasteiger partial charge in [0.05, 0.1) is 19.8 Å². The van der Waals surface area contributed by atoms with Crippen LogP contribution in [0.3, 0.4) is 0 Å². The summed E-state index contributed by atoms with van der Waals surface area (Å²) in [6.45, 7) is 6.23. The Morgan fingerprint density at radius 2 is 1.90 bits per heavy atom. The van der Waals surface area contributed by atoms with Crippen molar-refractivity contribution in [3.63, 3.8) is 0 Å². The van der Waals surface area contributed by atoms with Gasteiger partial charge in [0.1, 0.15) is 30.0 Å². The van der Waals surface area contributed by atoms with Crippen molar-refractivity contribution in [1.29, 1.82) is 0 Å². The summed E-state index contributed by atoms with van der Waals surface area (Å²) in [5, 5.41) is 15.0. The van der Waals surface area contributed by atoms with Crippen molar-refractivity contribution in [2.24, 2.45) is 5.16 Å². The molecular formula is C23H24INO6. The van der Waals surface area contributed by atoms with Gasteiger partial charge in [-0.05, 0) is 53.3 Å². The van der Waals surface area contributed by atoms with E-state index in [2.05, 4.69) is 34.3 Å². The fraction of sp³-hybridized carbons (Fsp3) is 0.348. The first-order valence-corrected chi connectivity index (χ1v) is 10.9. The van der Waals surface area contributed by atoms with Gasteiger partial charge in [-0.2, -0.15) is 0 Å². The number of phenols is 1. The van der Waals surface area contributed by atoms with Crippen LogP contribution in [0.25, 0.3) is 0 Å². The number of hydrogen-bond acceptors (Lipinski definition) is 7. The third-order valence-corrected chi connectivity index (χ3v) is 6.17. The number of hydrogen-bond donors (Lipinski definition) is 1. The lowest BCUT2D eigenvalue weighted by Crippen LogP contribution is -2.27. The van der Waals surface area contributed by atoms with Gasteiger partial charge in [-0.1, -0.05) is 11.7 Å². The molecular weight excluding hydrogens is 513 g/mol. The molecule has 2 aromatic rings. The fourth-order valence-electron chi connectivity index (χ4n) is 3.67. The molecule has 0 fully saturated rings. The van der Waals surface area contributed by atoms with Gasteiger partial charge in [-0.25, -0.2) is 0 Å². The number of halogens is 1. The van der Waals surface area contributed by atoms with Crippen LogP contribution in [-0.2, 0) is 17.7 Å². The Bertz CT molecular complexity index is 1050. The van der Waals surface area contributed by atoms with E-state index in [1.807, 2.05) is 25.1 Å². The fourth-order valence-corrected chi connectivity index (χ4v) is 4.22. The molecule has 0 spiro atoms. The largest absolute Gasteiger partial charge is 0.507 e. The second kappa shape index (κ2) is 8.86. The summed E-state index contributed by atoms with van der Waals surface area (Å²) in [5.41, 5.74) is 3.26. The van der Waals surface area contributed by atoms with E-state index in [9.17, 15) is 5.11 Å². The molecule has 0 aliphatic carbocycles. The van der Waals surface area contributed by atoms with Gasteiger partial charge in [0.15, 0.2) is 21.3 Å². The molecule has 31 heavy (non-hydrogen) atoms. The zero-order valence-electron chi connectivity index (χ0n) is 17.6. The average Bonchev–Trinajstić information content (AvgIpc) is 3.22. The number of ether oxygens (including phenoxy) is 4. The molecule has 2 atom stereocenters. The van der Waals surface area contributed by atoms with Crippen LogP contribution in [0.15, 0.2) is 41.6 Å². The summed E-state index contributed by atoms with van der Waals surface area (Å²) in [6.07, 6.45) is 0.835. The Hall–Kier alpha value is -2.62. The minimum absolute atomic E-state index is 0.114. The van der Waals surface area contributed by atoms with Crippen LogP contribution in [0, 0.1) is 0 Å². The minimum Gasteiger partial charge on any atom is -0.507 e. The van der Waals surface area contributed by atoms with Gasteiger partial charge in [-0.3, -0.25) is 0 Å². The van der Waals surface area contributed by atoms with Crippen LogP contribution in [0.4, 0.5) is 0 Å². The maximum Gasteiger partial charge on any atom is 0.165 e. The summed E-state index contributed by atoms with van der Waals surface area (Å²) in [4.78, 5) is 5.75. The van der Waals surface area contributed by atoms with E-state index in [0.29, 0.717) is 46.0 Å². The highest BCUT2D eigenvalue weighted by molar-refractivity contribution is 14.1. The van der Waals surface area contributed by atoms with E-state index in [1.165, 1.54) is 0 Å². The van der Waals surface area contributed by atoms with E-state index < -0.39 is 0 Å². The van der Waals surface area contributed by atoms with Crippen molar-refractivity contribution in [2.45, 2.75) is 32.0 Å². The lowest BCUT2D eigenvalue weighted by atomic mass is 10.0. The van der Waals surface area contributed by atoms with Crippen LogP contribution in [-0.4, -0.2) is 41.9 Å². The third-order valence-electron chi connectivity index (χ3n) is 5.39. The van der Waals surface area contributed by atoms with Crippen molar-refractivity contribution >= 4 is 26.3 Å². The predicted octanol–water partition coefficient (Wildman–Crippen LogP) is 4.41. The average molecular weight is 537 g/mol. The topological polar surface area (TPSA) is 78.7 Å². The molecule has 2 aromatic carbocycles. The van der Waals surface area contributed by atoms with Crippen LogP contribution < -0.4 is 18.9 Å². The van der Waals surface area contributed by atoms with Crippen molar-refractivity contribution < 1.29 is 28.9 Å². The van der Waals surface area contributed by atoms with Crippen LogP contribution in [0.5, 0.6) is 28.7 Å². The van der Waals surface area contributed by atoms with Crippen LogP contribution in [0.1, 0.15) is 23.6 Å². The lowest BCUT2D eigenvalue weighted by molar-refractivity contribution is 0.0154. The minimum atomic E-state index is -0.261. The number of methoxy groups -OCH3 is 2. The maximum absolute atomic E-state index is 10.8. The van der Waals surface area contributed by atoms with Crippen molar-refractivity contribution in [3.05, 3.63) is 53.1 Å². The first-order valence-electron chi connectivity index (χ1n) is 9.85. The standard InChI is InChI=1S/C23H24INO6/c1-12(2)18-9-16-17(30-18)6-5-15(22(16)26)23(24)25-31-14-7-13-8-20(27-3)21(28-4)10-19(13)29-11-14/h5-6,8,10,14,18,26H,1,7,9,11H2,2-4H3/b25-23-/t14?,18-/m1/s1. The Labute approximate surface area is 194 Å². The zero-order chi connectivity index (χ0) is 22.1.